The monoisotopic (exact) mass is 461 g/mol. The predicted octanol–water partition coefficient (Wildman–Crippen LogP) is 5.56. The highest BCUT2D eigenvalue weighted by Gasteiger charge is 2.26. The van der Waals surface area contributed by atoms with Crippen LogP contribution < -0.4 is 5.69 Å². The van der Waals surface area contributed by atoms with Gasteiger partial charge >= 0.3 is 5.69 Å². The van der Waals surface area contributed by atoms with Crippen molar-refractivity contribution in [3.05, 3.63) is 60.3 Å². The molecule has 0 amide bonds. The van der Waals surface area contributed by atoms with Crippen molar-refractivity contribution in [1.82, 2.24) is 14.5 Å². The number of pyridine rings is 1. The maximum atomic E-state index is 15.0. The SMILES string of the molecule is Cc1ccnc(C(C)C)c1-n1c(=O)nc(Cl)c2c(Br)c(F)c(Cl)c(F)c21. The first-order chi connectivity index (χ1) is 12.2. The maximum absolute atomic E-state index is 15.0. The summed E-state index contributed by atoms with van der Waals surface area (Å²) < 4.78 is 30.0. The molecule has 1 aromatic carbocycles. The number of hydrogen-bond acceptors (Lipinski definition) is 3. The largest absolute Gasteiger partial charge is 0.354 e. The van der Waals surface area contributed by atoms with E-state index in [0.29, 0.717) is 16.9 Å². The second kappa shape index (κ2) is 6.87. The summed E-state index contributed by atoms with van der Waals surface area (Å²) in [4.78, 5) is 20.7. The molecule has 0 aliphatic carbocycles. The van der Waals surface area contributed by atoms with Gasteiger partial charge in [0.05, 0.1) is 26.8 Å². The molecule has 0 aliphatic heterocycles. The minimum atomic E-state index is -1.10. The number of halogens is 5. The van der Waals surface area contributed by atoms with Crippen LogP contribution in [0.4, 0.5) is 8.78 Å². The van der Waals surface area contributed by atoms with Crippen molar-refractivity contribution >= 4 is 50.0 Å². The van der Waals surface area contributed by atoms with E-state index in [2.05, 4.69) is 25.9 Å². The molecule has 9 heteroatoms. The Morgan fingerprint density at radius 3 is 2.50 bits per heavy atom. The molecule has 0 N–H and O–H groups in total. The van der Waals surface area contributed by atoms with Gasteiger partial charge in [0.2, 0.25) is 0 Å². The lowest BCUT2D eigenvalue weighted by Gasteiger charge is -2.19. The number of aromatic nitrogens is 3. The van der Waals surface area contributed by atoms with Gasteiger partial charge in [-0.3, -0.25) is 9.55 Å². The topological polar surface area (TPSA) is 47.8 Å². The van der Waals surface area contributed by atoms with Crippen LogP contribution in [0.1, 0.15) is 31.0 Å². The van der Waals surface area contributed by atoms with E-state index in [0.717, 1.165) is 4.57 Å². The lowest BCUT2D eigenvalue weighted by atomic mass is 10.0. The van der Waals surface area contributed by atoms with E-state index < -0.39 is 22.3 Å². The van der Waals surface area contributed by atoms with E-state index in [1.807, 2.05) is 13.8 Å². The van der Waals surface area contributed by atoms with Gasteiger partial charge in [0.1, 0.15) is 10.2 Å². The Balaban J connectivity index is 2.65. The number of nitrogens with zero attached hydrogens (tertiary/aromatic N) is 3. The Bertz CT molecular complexity index is 1120. The number of benzene rings is 1. The zero-order valence-corrected chi connectivity index (χ0v) is 17.0. The van der Waals surface area contributed by atoms with Gasteiger partial charge in [-0.05, 0) is 40.4 Å². The minimum absolute atomic E-state index is 0.0649. The molecule has 2 heterocycles. The highest BCUT2D eigenvalue weighted by Crippen LogP contribution is 2.38. The molecular formula is C17H12BrCl2F2N3O. The first-order valence-corrected chi connectivity index (χ1v) is 9.11. The van der Waals surface area contributed by atoms with E-state index in [4.69, 9.17) is 23.2 Å². The first kappa shape index (κ1) is 19.2. The van der Waals surface area contributed by atoms with Gasteiger partial charge in [-0.25, -0.2) is 13.6 Å². The molecule has 2 aromatic heterocycles. The van der Waals surface area contributed by atoms with Gasteiger partial charge < -0.3 is 0 Å². The quantitative estimate of drug-likeness (QED) is 0.284. The Labute approximate surface area is 165 Å². The maximum Gasteiger partial charge on any atom is 0.354 e. The first-order valence-electron chi connectivity index (χ1n) is 7.56. The van der Waals surface area contributed by atoms with E-state index in [9.17, 15) is 13.6 Å². The third-order valence-corrected chi connectivity index (χ3v) is 5.33. The number of rotatable bonds is 2. The average molecular weight is 463 g/mol. The lowest BCUT2D eigenvalue weighted by Crippen LogP contribution is -2.25. The van der Waals surface area contributed by atoms with Crippen molar-refractivity contribution in [3.63, 3.8) is 0 Å². The third-order valence-electron chi connectivity index (χ3n) is 3.98. The third kappa shape index (κ3) is 2.82. The molecule has 3 rings (SSSR count). The Morgan fingerprint density at radius 2 is 1.88 bits per heavy atom. The summed E-state index contributed by atoms with van der Waals surface area (Å²) in [6.45, 7) is 5.54. The van der Waals surface area contributed by atoms with E-state index in [-0.39, 0.29) is 26.4 Å². The number of aryl methyl sites for hydroxylation is 1. The summed E-state index contributed by atoms with van der Waals surface area (Å²) in [6.07, 6.45) is 1.60. The zero-order valence-electron chi connectivity index (χ0n) is 13.9. The summed E-state index contributed by atoms with van der Waals surface area (Å²) in [5.74, 6) is -2.18. The fourth-order valence-corrected chi connectivity index (χ4v) is 4.04. The van der Waals surface area contributed by atoms with Crippen molar-refractivity contribution in [2.75, 3.05) is 0 Å². The van der Waals surface area contributed by atoms with E-state index >= 15 is 0 Å². The molecule has 0 aliphatic rings. The van der Waals surface area contributed by atoms with Crippen LogP contribution in [0.25, 0.3) is 16.6 Å². The smallest absolute Gasteiger partial charge is 0.259 e. The molecule has 0 atom stereocenters. The van der Waals surface area contributed by atoms with Gasteiger partial charge in [0, 0.05) is 6.20 Å². The highest BCUT2D eigenvalue weighted by molar-refractivity contribution is 9.10. The van der Waals surface area contributed by atoms with Crippen LogP contribution in [0.3, 0.4) is 0 Å². The Kier molecular flexibility index (Phi) is 5.07. The summed E-state index contributed by atoms with van der Waals surface area (Å²) >= 11 is 14.8. The second-order valence-electron chi connectivity index (χ2n) is 6.02. The lowest BCUT2D eigenvalue weighted by molar-refractivity contribution is 0.584. The Morgan fingerprint density at radius 1 is 1.23 bits per heavy atom. The van der Waals surface area contributed by atoms with Crippen molar-refractivity contribution in [1.29, 1.82) is 0 Å². The summed E-state index contributed by atoms with van der Waals surface area (Å²) in [5.41, 5.74) is 0.538. The molecule has 0 bridgehead atoms. The molecule has 0 saturated heterocycles. The van der Waals surface area contributed by atoms with Gasteiger partial charge in [0.25, 0.3) is 0 Å². The standard InChI is InChI=1S/C17H12BrCl2F2N3O/c1-6(2)13-14(7(3)4-5-23-13)25-15-8(16(20)24-17(25)26)9(18)11(21)10(19)12(15)22/h4-6H,1-3H3. The fourth-order valence-electron chi connectivity index (χ4n) is 2.80. The van der Waals surface area contributed by atoms with Gasteiger partial charge in [-0.1, -0.05) is 37.0 Å². The number of hydrogen-bond donors (Lipinski definition) is 0. The van der Waals surface area contributed by atoms with Gasteiger partial charge in [-0.15, -0.1) is 0 Å². The summed E-state index contributed by atoms with van der Waals surface area (Å²) in [7, 11) is 0. The predicted molar refractivity (Wildman–Crippen MR) is 102 cm³/mol. The highest BCUT2D eigenvalue weighted by atomic mass is 79.9. The van der Waals surface area contributed by atoms with Crippen LogP contribution in [0.5, 0.6) is 0 Å². The van der Waals surface area contributed by atoms with Crippen molar-refractivity contribution in [3.8, 4) is 5.69 Å². The van der Waals surface area contributed by atoms with Crippen molar-refractivity contribution in [2.24, 2.45) is 0 Å². The molecule has 136 valence electrons. The second-order valence-corrected chi connectivity index (χ2v) is 7.55. The van der Waals surface area contributed by atoms with Gasteiger partial charge in [0.15, 0.2) is 11.6 Å². The van der Waals surface area contributed by atoms with Crippen molar-refractivity contribution < 1.29 is 8.78 Å². The molecule has 26 heavy (non-hydrogen) atoms. The average Bonchev–Trinajstić information content (AvgIpc) is 2.58. The molecule has 4 nitrogen and oxygen atoms in total. The van der Waals surface area contributed by atoms with Crippen LogP contribution in [-0.4, -0.2) is 14.5 Å². The van der Waals surface area contributed by atoms with Crippen LogP contribution in [-0.2, 0) is 0 Å². The van der Waals surface area contributed by atoms with Crippen LogP contribution in [0.2, 0.25) is 10.2 Å². The zero-order chi connectivity index (χ0) is 19.3. The van der Waals surface area contributed by atoms with Crippen LogP contribution in [0.15, 0.2) is 21.5 Å². The fraction of sp³-hybridized carbons (Fsp3) is 0.235. The molecule has 0 spiro atoms. The van der Waals surface area contributed by atoms with Crippen LogP contribution in [0, 0.1) is 18.6 Å². The summed E-state index contributed by atoms with van der Waals surface area (Å²) in [5, 5.41) is -1.15. The van der Waals surface area contributed by atoms with E-state index in [1.54, 1.807) is 19.2 Å². The molecule has 0 radical (unpaired) electrons. The molecule has 0 fully saturated rings. The minimum Gasteiger partial charge on any atom is -0.259 e. The van der Waals surface area contributed by atoms with E-state index in [1.165, 1.54) is 0 Å². The van der Waals surface area contributed by atoms with Crippen LogP contribution >= 0.6 is 39.1 Å². The summed E-state index contributed by atoms with van der Waals surface area (Å²) in [6, 6.07) is 1.69. The molecular weight excluding hydrogens is 451 g/mol. The molecule has 0 saturated carbocycles. The molecule has 3 aromatic rings. The normalized spacial score (nSPS) is 11.6. The van der Waals surface area contributed by atoms with Gasteiger partial charge in [-0.2, -0.15) is 4.98 Å². The van der Waals surface area contributed by atoms with Crippen molar-refractivity contribution in [2.45, 2.75) is 26.7 Å². The Hall–Kier alpha value is -1.57. The molecule has 0 unspecified atom stereocenters. The number of fused-ring (bicyclic) bond motifs is 1.